The summed E-state index contributed by atoms with van der Waals surface area (Å²) >= 11 is 0. The maximum Gasteiger partial charge on any atom is 0.192 e. The summed E-state index contributed by atoms with van der Waals surface area (Å²) in [5.41, 5.74) is 0. The van der Waals surface area contributed by atoms with Gasteiger partial charge < -0.3 is 13.9 Å². The normalized spacial score (nSPS) is 23.9. The van der Waals surface area contributed by atoms with Crippen LogP contribution in [-0.4, -0.2) is 32.9 Å². The van der Waals surface area contributed by atoms with E-state index in [1.165, 1.54) is 0 Å². The molecule has 0 unspecified atom stereocenters. The van der Waals surface area contributed by atoms with Crippen LogP contribution in [0.15, 0.2) is 12.7 Å². The lowest BCUT2D eigenvalue weighted by Gasteiger charge is -2.41. The molecular weight excluding hydrogens is 316 g/mol. The number of hydrogen-bond donors (Lipinski definition) is 0. The van der Waals surface area contributed by atoms with E-state index < -0.39 is 8.32 Å². The largest absolute Gasteiger partial charge is 0.414 e. The Balaban J connectivity index is 2.83. The van der Waals surface area contributed by atoms with Crippen LogP contribution in [0.5, 0.6) is 0 Å². The SMILES string of the molecule is C=CC[C@@H](C)[C@H](C[C@@H]1COC(CC)(CC)O1)O[Si](C)(C)C(C)(C)C. The van der Waals surface area contributed by atoms with Gasteiger partial charge in [-0.2, -0.15) is 0 Å². The van der Waals surface area contributed by atoms with Crippen LogP contribution >= 0.6 is 0 Å². The van der Waals surface area contributed by atoms with Gasteiger partial charge in [0.05, 0.1) is 18.8 Å². The fraction of sp³-hybridized carbons (Fsp3) is 0.900. The average molecular weight is 357 g/mol. The summed E-state index contributed by atoms with van der Waals surface area (Å²) < 4.78 is 19.1. The zero-order valence-electron chi connectivity index (χ0n) is 17.3. The van der Waals surface area contributed by atoms with Crippen molar-refractivity contribution in [2.45, 2.75) is 103 Å². The highest BCUT2D eigenvalue weighted by Gasteiger charge is 2.43. The van der Waals surface area contributed by atoms with Crippen LogP contribution in [0.4, 0.5) is 0 Å². The van der Waals surface area contributed by atoms with E-state index >= 15 is 0 Å². The lowest BCUT2D eigenvalue weighted by Crippen LogP contribution is -2.46. The Bertz CT molecular complexity index is 396. The van der Waals surface area contributed by atoms with Gasteiger partial charge in [-0.1, -0.05) is 47.6 Å². The Morgan fingerprint density at radius 2 is 1.88 bits per heavy atom. The van der Waals surface area contributed by atoms with Gasteiger partial charge in [-0.25, -0.2) is 0 Å². The van der Waals surface area contributed by atoms with E-state index in [0.29, 0.717) is 12.5 Å². The van der Waals surface area contributed by atoms with Gasteiger partial charge in [0.1, 0.15) is 0 Å². The molecule has 3 atom stereocenters. The van der Waals surface area contributed by atoms with Gasteiger partial charge in [0.2, 0.25) is 0 Å². The van der Waals surface area contributed by atoms with E-state index in [0.717, 1.165) is 25.7 Å². The Morgan fingerprint density at radius 3 is 2.29 bits per heavy atom. The second-order valence-electron chi connectivity index (χ2n) is 8.82. The molecule has 0 aromatic carbocycles. The monoisotopic (exact) mass is 356 g/mol. The minimum atomic E-state index is -1.81. The molecule has 142 valence electrons. The molecule has 0 aromatic heterocycles. The van der Waals surface area contributed by atoms with Crippen LogP contribution in [0.2, 0.25) is 18.1 Å². The highest BCUT2D eigenvalue weighted by Crippen LogP contribution is 2.40. The first kappa shape index (κ1) is 21.9. The third kappa shape index (κ3) is 5.42. The van der Waals surface area contributed by atoms with Gasteiger partial charge in [0.15, 0.2) is 14.1 Å². The van der Waals surface area contributed by atoms with Gasteiger partial charge in [0, 0.05) is 6.42 Å². The van der Waals surface area contributed by atoms with E-state index in [4.69, 9.17) is 13.9 Å². The van der Waals surface area contributed by atoms with Crippen molar-refractivity contribution in [2.24, 2.45) is 5.92 Å². The molecule has 0 aromatic rings. The summed E-state index contributed by atoms with van der Waals surface area (Å²) in [5.74, 6) is 0.0619. The number of rotatable bonds is 9. The van der Waals surface area contributed by atoms with E-state index in [1.807, 2.05) is 6.08 Å². The molecule has 1 aliphatic heterocycles. The highest BCUT2D eigenvalue weighted by molar-refractivity contribution is 6.74. The fourth-order valence-electron chi connectivity index (χ4n) is 2.98. The minimum absolute atomic E-state index is 0.131. The van der Waals surface area contributed by atoms with Gasteiger partial charge >= 0.3 is 0 Å². The summed E-state index contributed by atoms with van der Waals surface area (Å²) in [4.78, 5) is 0. The Kier molecular flexibility index (Phi) is 7.73. The van der Waals surface area contributed by atoms with Crippen molar-refractivity contribution < 1.29 is 13.9 Å². The molecule has 0 spiro atoms. The van der Waals surface area contributed by atoms with Crippen LogP contribution in [-0.2, 0) is 13.9 Å². The van der Waals surface area contributed by atoms with E-state index in [9.17, 15) is 0 Å². The van der Waals surface area contributed by atoms with E-state index in [2.05, 4.69) is 61.2 Å². The standard InChI is InChI=1S/C20H40O3Si/c1-10-13-16(4)18(23-24(8,9)19(5,6)7)14-17-15-21-20(11-2,12-3)22-17/h10,16-18H,1,11-15H2,2-9H3/t16-,17-,18+/m1/s1. The molecule has 0 radical (unpaired) electrons. The summed E-state index contributed by atoms with van der Waals surface area (Å²) in [5, 5.41) is 0.211. The average Bonchev–Trinajstić information content (AvgIpc) is 2.89. The van der Waals surface area contributed by atoms with E-state index in [1.54, 1.807) is 0 Å². The summed E-state index contributed by atoms with van der Waals surface area (Å²) in [6.45, 7) is 22.7. The molecule has 0 aliphatic carbocycles. The summed E-state index contributed by atoms with van der Waals surface area (Å²) in [6.07, 6.45) is 6.00. The molecule has 1 fully saturated rings. The van der Waals surface area contributed by atoms with Crippen LogP contribution in [0.3, 0.4) is 0 Å². The first-order valence-corrected chi connectivity index (χ1v) is 12.5. The second-order valence-corrected chi connectivity index (χ2v) is 13.6. The molecule has 3 nitrogen and oxygen atoms in total. The molecule has 1 heterocycles. The van der Waals surface area contributed by atoms with Crippen molar-refractivity contribution in [2.75, 3.05) is 6.61 Å². The topological polar surface area (TPSA) is 27.7 Å². The van der Waals surface area contributed by atoms with Crippen molar-refractivity contribution in [3.63, 3.8) is 0 Å². The lowest BCUT2D eigenvalue weighted by molar-refractivity contribution is -0.174. The molecule has 0 saturated carbocycles. The molecule has 4 heteroatoms. The molecule has 0 bridgehead atoms. The Morgan fingerprint density at radius 1 is 1.29 bits per heavy atom. The van der Waals surface area contributed by atoms with Gasteiger partial charge in [-0.05, 0) is 43.3 Å². The number of hydrogen-bond acceptors (Lipinski definition) is 3. The first-order chi connectivity index (χ1) is 11.0. The van der Waals surface area contributed by atoms with Crippen molar-refractivity contribution in [3.05, 3.63) is 12.7 Å². The predicted molar refractivity (Wildman–Crippen MR) is 105 cm³/mol. The third-order valence-corrected chi connectivity index (χ3v) is 10.4. The van der Waals surface area contributed by atoms with Crippen LogP contribution in [0.1, 0.15) is 67.2 Å². The van der Waals surface area contributed by atoms with Gasteiger partial charge in [-0.15, -0.1) is 6.58 Å². The zero-order chi connectivity index (χ0) is 18.6. The first-order valence-electron chi connectivity index (χ1n) is 9.60. The van der Waals surface area contributed by atoms with Crippen molar-refractivity contribution in [1.29, 1.82) is 0 Å². The second kappa shape index (κ2) is 8.48. The molecular formula is C20H40O3Si. The zero-order valence-corrected chi connectivity index (χ0v) is 18.3. The maximum absolute atomic E-state index is 6.77. The molecule has 1 aliphatic rings. The molecule has 1 rings (SSSR count). The summed E-state index contributed by atoms with van der Waals surface area (Å²) in [6, 6.07) is 0. The predicted octanol–water partition coefficient (Wildman–Crippen LogP) is 5.91. The third-order valence-electron chi connectivity index (χ3n) is 5.91. The van der Waals surface area contributed by atoms with Crippen LogP contribution in [0.25, 0.3) is 0 Å². The fourth-order valence-corrected chi connectivity index (χ4v) is 4.42. The van der Waals surface area contributed by atoms with Crippen LogP contribution < -0.4 is 0 Å². The smallest absolute Gasteiger partial charge is 0.192 e. The Labute approximate surface area is 151 Å². The highest BCUT2D eigenvalue weighted by atomic mass is 28.4. The van der Waals surface area contributed by atoms with Crippen molar-refractivity contribution >= 4 is 8.32 Å². The van der Waals surface area contributed by atoms with Crippen LogP contribution in [0, 0.1) is 5.92 Å². The molecule has 24 heavy (non-hydrogen) atoms. The number of allylic oxidation sites excluding steroid dienone is 1. The Hall–Kier alpha value is -0.163. The maximum atomic E-state index is 6.77. The van der Waals surface area contributed by atoms with E-state index in [-0.39, 0.29) is 23.0 Å². The van der Waals surface area contributed by atoms with Gasteiger partial charge in [0.25, 0.3) is 0 Å². The van der Waals surface area contributed by atoms with Gasteiger partial charge in [-0.3, -0.25) is 0 Å². The lowest BCUT2D eigenvalue weighted by atomic mass is 9.96. The summed E-state index contributed by atoms with van der Waals surface area (Å²) in [7, 11) is -1.81. The quantitative estimate of drug-likeness (QED) is 0.379. The van der Waals surface area contributed by atoms with Crippen molar-refractivity contribution in [3.8, 4) is 0 Å². The number of ether oxygens (including phenoxy) is 2. The molecule has 0 N–H and O–H groups in total. The molecule has 1 saturated heterocycles. The van der Waals surface area contributed by atoms with Crippen molar-refractivity contribution in [1.82, 2.24) is 0 Å². The molecule has 0 amide bonds. The minimum Gasteiger partial charge on any atom is -0.414 e.